The van der Waals surface area contributed by atoms with E-state index in [-0.39, 0.29) is 12.5 Å². The number of hydrogen-bond donors (Lipinski definition) is 1. The van der Waals surface area contributed by atoms with E-state index in [1.54, 1.807) is 11.3 Å². The number of nitrogens with zero attached hydrogens (tertiary/aromatic N) is 1. The summed E-state index contributed by atoms with van der Waals surface area (Å²) in [5, 5.41) is 10.7. The molecule has 2 aromatic carbocycles. The minimum absolute atomic E-state index is 0.186. The van der Waals surface area contributed by atoms with E-state index in [0.29, 0.717) is 0 Å². The Morgan fingerprint density at radius 2 is 1.81 bits per heavy atom. The van der Waals surface area contributed by atoms with E-state index in [2.05, 4.69) is 39.1 Å². The number of aliphatic hydroxyl groups is 1. The van der Waals surface area contributed by atoms with Gasteiger partial charge in [0.15, 0.2) is 0 Å². The van der Waals surface area contributed by atoms with Crippen LogP contribution in [0.2, 0.25) is 0 Å². The van der Waals surface area contributed by atoms with Crippen molar-refractivity contribution in [1.29, 1.82) is 0 Å². The highest BCUT2D eigenvalue weighted by molar-refractivity contribution is 9.10. The van der Waals surface area contributed by atoms with Crippen molar-refractivity contribution in [3.8, 4) is 0 Å². The Hall–Kier alpha value is -1.23. The van der Waals surface area contributed by atoms with E-state index in [1.807, 2.05) is 30.3 Å². The maximum atomic E-state index is 9.65. The molecule has 0 spiro atoms. The Balaban J connectivity index is 1.73. The minimum Gasteiger partial charge on any atom is -0.396 e. The number of halogens is 1. The lowest BCUT2D eigenvalue weighted by atomic mass is 9.97. The summed E-state index contributed by atoms with van der Waals surface area (Å²) in [6.07, 6.45) is 1.70. The third-order valence-corrected chi connectivity index (χ3v) is 5.08. The monoisotopic (exact) mass is 361 g/mol. The molecule has 0 aliphatic carbocycles. The molecule has 1 atom stereocenters. The number of thiazole rings is 1. The molecule has 0 aliphatic heterocycles. The van der Waals surface area contributed by atoms with Gasteiger partial charge in [-0.1, -0.05) is 40.2 Å². The van der Waals surface area contributed by atoms with Crippen LogP contribution in [0.25, 0.3) is 10.2 Å². The Morgan fingerprint density at radius 3 is 2.52 bits per heavy atom. The molecule has 0 saturated heterocycles. The van der Waals surface area contributed by atoms with Crippen LogP contribution in [-0.2, 0) is 12.8 Å². The highest BCUT2D eigenvalue weighted by Gasteiger charge is 2.13. The van der Waals surface area contributed by atoms with Gasteiger partial charge in [-0.15, -0.1) is 11.3 Å². The number of para-hydroxylation sites is 1. The van der Waals surface area contributed by atoms with Crippen molar-refractivity contribution in [3.05, 3.63) is 63.6 Å². The van der Waals surface area contributed by atoms with Crippen LogP contribution in [0.4, 0.5) is 0 Å². The number of fused-ring (bicyclic) bond motifs is 1. The molecule has 0 radical (unpaired) electrons. The number of benzene rings is 2. The maximum Gasteiger partial charge on any atom is 0.0942 e. The van der Waals surface area contributed by atoms with Gasteiger partial charge in [0.2, 0.25) is 0 Å². The van der Waals surface area contributed by atoms with Crippen LogP contribution < -0.4 is 0 Å². The molecule has 0 amide bonds. The lowest BCUT2D eigenvalue weighted by Crippen LogP contribution is -2.12. The summed E-state index contributed by atoms with van der Waals surface area (Å²) in [5.74, 6) is 0.215. The second kappa shape index (κ2) is 6.69. The molecule has 0 aliphatic rings. The molecule has 0 saturated carbocycles. The molecule has 1 heterocycles. The summed E-state index contributed by atoms with van der Waals surface area (Å²) in [5.41, 5.74) is 2.30. The van der Waals surface area contributed by atoms with Crippen LogP contribution >= 0.6 is 27.3 Å². The van der Waals surface area contributed by atoms with E-state index >= 15 is 0 Å². The van der Waals surface area contributed by atoms with Crippen LogP contribution in [0, 0.1) is 5.92 Å². The molecule has 3 rings (SSSR count). The van der Waals surface area contributed by atoms with Crippen molar-refractivity contribution in [2.45, 2.75) is 12.8 Å². The summed E-state index contributed by atoms with van der Waals surface area (Å²) in [6.45, 7) is 0.186. The third-order valence-electron chi connectivity index (χ3n) is 3.50. The van der Waals surface area contributed by atoms with E-state index in [4.69, 9.17) is 0 Å². The van der Waals surface area contributed by atoms with Gasteiger partial charge in [-0.3, -0.25) is 0 Å². The number of aromatic nitrogens is 1. The van der Waals surface area contributed by atoms with Gasteiger partial charge in [-0.05, 0) is 42.2 Å². The van der Waals surface area contributed by atoms with E-state index in [0.717, 1.165) is 27.8 Å². The Morgan fingerprint density at radius 1 is 1.05 bits per heavy atom. The van der Waals surface area contributed by atoms with Crippen molar-refractivity contribution < 1.29 is 5.11 Å². The molecular formula is C17H16BrNOS. The highest BCUT2D eigenvalue weighted by atomic mass is 79.9. The zero-order chi connectivity index (χ0) is 14.7. The molecule has 0 bridgehead atoms. The lowest BCUT2D eigenvalue weighted by molar-refractivity contribution is 0.225. The van der Waals surface area contributed by atoms with Crippen molar-refractivity contribution in [3.63, 3.8) is 0 Å². The van der Waals surface area contributed by atoms with Gasteiger partial charge in [0, 0.05) is 17.5 Å². The molecule has 108 valence electrons. The second-order valence-electron chi connectivity index (χ2n) is 5.16. The normalized spacial score (nSPS) is 12.7. The first-order chi connectivity index (χ1) is 10.2. The first kappa shape index (κ1) is 14.7. The zero-order valence-electron chi connectivity index (χ0n) is 11.5. The van der Waals surface area contributed by atoms with Gasteiger partial charge in [-0.25, -0.2) is 4.98 Å². The van der Waals surface area contributed by atoms with Gasteiger partial charge in [0.25, 0.3) is 0 Å². The second-order valence-corrected chi connectivity index (χ2v) is 7.19. The maximum absolute atomic E-state index is 9.65. The molecule has 1 N–H and O–H groups in total. The van der Waals surface area contributed by atoms with Crippen LogP contribution in [0.1, 0.15) is 10.6 Å². The third kappa shape index (κ3) is 3.70. The van der Waals surface area contributed by atoms with Gasteiger partial charge in [0.05, 0.1) is 15.2 Å². The molecule has 2 nitrogen and oxygen atoms in total. The molecule has 3 aromatic rings. The predicted molar refractivity (Wildman–Crippen MR) is 91.7 cm³/mol. The summed E-state index contributed by atoms with van der Waals surface area (Å²) in [4.78, 5) is 4.66. The molecule has 4 heteroatoms. The topological polar surface area (TPSA) is 33.1 Å². The van der Waals surface area contributed by atoms with Crippen LogP contribution in [0.15, 0.2) is 53.0 Å². The predicted octanol–water partition coefficient (Wildman–Crippen LogP) is 4.45. The molecule has 21 heavy (non-hydrogen) atoms. The fourth-order valence-corrected chi connectivity index (χ4v) is 3.76. The van der Waals surface area contributed by atoms with Crippen molar-refractivity contribution in [2.75, 3.05) is 6.61 Å². The molecular weight excluding hydrogens is 346 g/mol. The fourth-order valence-electron chi connectivity index (χ4n) is 2.41. The number of rotatable bonds is 5. The van der Waals surface area contributed by atoms with E-state index in [9.17, 15) is 5.11 Å². The fraction of sp³-hybridized carbons (Fsp3) is 0.235. The minimum atomic E-state index is 0.186. The van der Waals surface area contributed by atoms with E-state index in [1.165, 1.54) is 10.3 Å². The first-order valence-corrected chi connectivity index (χ1v) is 8.55. The average molecular weight is 362 g/mol. The molecule has 1 aromatic heterocycles. The Bertz CT molecular complexity index is 690. The average Bonchev–Trinajstić information content (AvgIpc) is 2.91. The van der Waals surface area contributed by atoms with Crippen LogP contribution in [0.5, 0.6) is 0 Å². The summed E-state index contributed by atoms with van der Waals surface area (Å²) >= 11 is 5.17. The highest BCUT2D eigenvalue weighted by Crippen LogP contribution is 2.25. The largest absolute Gasteiger partial charge is 0.396 e. The smallest absolute Gasteiger partial charge is 0.0942 e. The van der Waals surface area contributed by atoms with Crippen LogP contribution in [0.3, 0.4) is 0 Å². The summed E-state index contributed by atoms with van der Waals surface area (Å²) in [6, 6.07) is 16.5. The Labute approximate surface area is 136 Å². The first-order valence-electron chi connectivity index (χ1n) is 6.94. The van der Waals surface area contributed by atoms with Gasteiger partial charge >= 0.3 is 0 Å². The van der Waals surface area contributed by atoms with E-state index < -0.39 is 0 Å². The van der Waals surface area contributed by atoms with Gasteiger partial charge in [0.1, 0.15) is 0 Å². The van der Waals surface area contributed by atoms with Crippen LogP contribution in [-0.4, -0.2) is 16.7 Å². The quantitative estimate of drug-likeness (QED) is 0.727. The Kier molecular flexibility index (Phi) is 4.68. The lowest BCUT2D eigenvalue weighted by Gasteiger charge is -2.12. The molecule has 1 unspecified atom stereocenters. The standard InChI is InChI=1S/C17H16BrNOS/c18-14-7-5-12(6-8-14)9-13(11-20)10-17-19-15-3-1-2-4-16(15)21-17/h1-8,13,20H,9-11H2. The summed E-state index contributed by atoms with van der Waals surface area (Å²) in [7, 11) is 0. The summed E-state index contributed by atoms with van der Waals surface area (Å²) < 4.78 is 2.30. The number of aliphatic hydroxyl groups excluding tert-OH is 1. The van der Waals surface area contributed by atoms with Crippen molar-refractivity contribution in [1.82, 2.24) is 4.98 Å². The van der Waals surface area contributed by atoms with Crippen molar-refractivity contribution in [2.24, 2.45) is 5.92 Å². The van der Waals surface area contributed by atoms with Gasteiger partial charge in [-0.2, -0.15) is 0 Å². The molecule has 0 fully saturated rings. The van der Waals surface area contributed by atoms with Gasteiger partial charge < -0.3 is 5.11 Å². The van der Waals surface area contributed by atoms with Crippen molar-refractivity contribution >= 4 is 37.5 Å². The zero-order valence-corrected chi connectivity index (χ0v) is 13.9. The number of hydrogen-bond acceptors (Lipinski definition) is 3. The SMILES string of the molecule is OCC(Cc1ccc(Br)cc1)Cc1nc2ccccc2s1.